The summed E-state index contributed by atoms with van der Waals surface area (Å²) in [4.78, 5) is 3.30. The van der Waals surface area contributed by atoms with Crippen LogP contribution >= 0.6 is 0 Å². The molecule has 0 amide bonds. The van der Waals surface area contributed by atoms with Gasteiger partial charge >= 0.3 is 0 Å². The Morgan fingerprint density at radius 1 is 1.14 bits per heavy atom. The topological polar surface area (TPSA) is 37.0 Å². The zero-order valence-corrected chi connectivity index (χ0v) is 12.4. The van der Waals surface area contributed by atoms with E-state index in [1.165, 1.54) is 22.0 Å². The first-order valence-electron chi connectivity index (χ1n) is 7.30. The second-order valence-corrected chi connectivity index (χ2v) is 5.15. The predicted molar refractivity (Wildman–Crippen MR) is 88.0 cm³/mol. The number of aromatic amines is 1. The molecule has 0 aliphatic carbocycles. The lowest BCUT2D eigenvalue weighted by molar-refractivity contribution is 0.341. The highest BCUT2D eigenvalue weighted by Gasteiger charge is 2.06. The Bertz CT molecular complexity index is 746. The van der Waals surface area contributed by atoms with Gasteiger partial charge < -0.3 is 15.0 Å². The van der Waals surface area contributed by atoms with E-state index < -0.39 is 0 Å². The Labute approximate surface area is 125 Å². The Hall–Kier alpha value is -2.42. The van der Waals surface area contributed by atoms with Gasteiger partial charge in [0, 0.05) is 23.6 Å². The summed E-state index contributed by atoms with van der Waals surface area (Å²) in [6.07, 6.45) is 2.06. The van der Waals surface area contributed by atoms with E-state index in [2.05, 4.69) is 59.8 Å². The van der Waals surface area contributed by atoms with Gasteiger partial charge in [-0.1, -0.05) is 24.3 Å². The molecule has 0 unspecified atom stereocenters. The first kappa shape index (κ1) is 13.6. The minimum atomic E-state index is 0.672. The number of ether oxygens (including phenoxy) is 1. The molecule has 3 rings (SSSR count). The quantitative estimate of drug-likeness (QED) is 0.722. The SMILES string of the molecule is CCOc1cc(C)ccc1NCc1c[nH]c2ccccc12. The molecule has 2 aromatic carbocycles. The van der Waals surface area contributed by atoms with Gasteiger partial charge in [0.25, 0.3) is 0 Å². The van der Waals surface area contributed by atoms with Crippen molar-refractivity contribution in [3.05, 3.63) is 59.8 Å². The summed E-state index contributed by atoms with van der Waals surface area (Å²) in [5.41, 5.74) is 4.67. The molecule has 0 aliphatic heterocycles. The fourth-order valence-electron chi connectivity index (χ4n) is 2.52. The van der Waals surface area contributed by atoms with Gasteiger partial charge in [-0.3, -0.25) is 0 Å². The molecule has 2 N–H and O–H groups in total. The molecule has 0 saturated carbocycles. The number of anilines is 1. The third-order valence-corrected chi connectivity index (χ3v) is 3.58. The summed E-state index contributed by atoms with van der Waals surface area (Å²) in [5, 5.41) is 4.73. The fourth-order valence-corrected chi connectivity index (χ4v) is 2.52. The molecular formula is C18H20N2O. The largest absolute Gasteiger partial charge is 0.492 e. The minimum Gasteiger partial charge on any atom is -0.492 e. The molecule has 0 fully saturated rings. The van der Waals surface area contributed by atoms with E-state index >= 15 is 0 Å². The van der Waals surface area contributed by atoms with Crippen LogP contribution in [0, 0.1) is 6.92 Å². The van der Waals surface area contributed by atoms with Crippen molar-refractivity contribution in [3.8, 4) is 5.75 Å². The first-order chi connectivity index (χ1) is 10.3. The van der Waals surface area contributed by atoms with E-state index in [0.717, 1.165) is 18.0 Å². The van der Waals surface area contributed by atoms with Gasteiger partial charge in [-0.25, -0.2) is 0 Å². The summed E-state index contributed by atoms with van der Waals surface area (Å²) in [6, 6.07) is 14.6. The lowest BCUT2D eigenvalue weighted by atomic mass is 10.1. The molecule has 21 heavy (non-hydrogen) atoms. The Morgan fingerprint density at radius 2 is 2.00 bits per heavy atom. The van der Waals surface area contributed by atoms with Gasteiger partial charge in [0.1, 0.15) is 5.75 Å². The van der Waals surface area contributed by atoms with Crippen molar-refractivity contribution in [2.45, 2.75) is 20.4 Å². The van der Waals surface area contributed by atoms with Gasteiger partial charge in [-0.05, 0) is 43.2 Å². The van der Waals surface area contributed by atoms with E-state index in [0.29, 0.717) is 6.61 Å². The predicted octanol–water partition coefficient (Wildman–Crippen LogP) is 4.49. The normalized spacial score (nSPS) is 10.8. The fraction of sp³-hybridized carbons (Fsp3) is 0.222. The van der Waals surface area contributed by atoms with Gasteiger partial charge in [0.05, 0.1) is 12.3 Å². The third-order valence-electron chi connectivity index (χ3n) is 3.58. The standard InChI is InChI=1S/C18H20N2O/c1-3-21-18-10-13(2)8-9-17(18)20-12-14-11-19-16-7-5-4-6-15(14)16/h4-11,19-20H,3,12H2,1-2H3. The maximum absolute atomic E-state index is 5.70. The van der Waals surface area contributed by atoms with Crippen molar-refractivity contribution >= 4 is 16.6 Å². The molecule has 108 valence electrons. The number of hydrogen-bond donors (Lipinski definition) is 2. The highest BCUT2D eigenvalue weighted by Crippen LogP contribution is 2.27. The minimum absolute atomic E-state index is 0.672. The van der Waals surface area contributed by atoms with Crippen molar-refractivity contribution < 1.29 is 4.74 Å². The number of para-hydroxylation sites is 1. The van der Waals surface area contributed by atoms with Crippen LogP contribution in [-0.4, -0.2) is 11.6 Å². The Balaban J connectivity index is 1.81. The Morgan fingerprint density at radius 3 is 2.86 bits per heavy atom. The molecule has 3 aromatic rings. The molecule has 0 bridgehead atoms. The number of benzene rings is 2. The molecule has 0 spiro atoms. The molecular weight excluding hydrogens is 260 g/mol. The summed E-state index contributed by atoms with van der Waals surface area (Å²) >= 11 is 0. The number of nitrogens with one attached hydrogen (secondary N) is 2. The van der Waals surface area contributed by atoms with Crippen LogP contribution in [0.3, 0.4) is 0 Å². The lowest BCUT2D eigenvalue weighted by Crippen LogP contribution is -2.02. The molecule has 3 nitrogen and oxygen atoms in total. The van der Waals surface area contributed by atoms with Gasteiger partial charge in [0.2, 0.25) is 0 Å². The molecule has 0 radical (unpaired) electrons. The number of rotatable bonds is 5. The number of aryl methyl sites for hydroxylation is 1. The monoisotopic (exact) mass is 280 g/mol. The van der Waals surface area contributed by atoms with Gasteiger partial charge in [-0.2, -0.15) is 0 Å². The smallest absolute Gasteiger partial charge is 0.142 e. The molecule has 0 atom stereocenters. The van der Waals surface area contributed by atoms with Crippen LogP contribution in [0.2, 0.25) is 0 Å². The van der Waals surface area contributed by atoms with Crippen LogP contribution in [0.5, 0.6) is 5.75 Å². The molecule has 0 saturated heterocycles. The highest BCUT2D eigenvalue weighted by molar-refractivity contribution is 5.83. The molecule has 3 heteroatoms. The number of hydrogen-bond acceptors (Lipinski definition) is 2. The van der Waals surface area contributed by atoms with Crippen LogP contribution in [0.15, 0.2) is 48.7 Å². The molecule has 1 aromatic heterocycles. The third kappa shape index (κ3) is 2.87. The van der Waals surface area contributed by atoms with E-state index in [1.54, 1.807) is 0 Å². The summed E-state index contributed by atoms with van der Waals surface area (Å²) in [5.74, 6) is 0.914. The van der Waals surface area contributed by atoms with E-state index in [-0.39, 0.29) is 0 Å². The van der Waals surface area contributed by atoms with Crippen molar-refractivity contribution in [1.82, 2.24) is 4.98 Å². The number of fused-ring (bicyclic) bond motifs is 1. The van der Waals surface area contributed by atoms with Crippen molar-refractivity contribution in [2.24, 2.45) is 0 Å². The zero-order chi connectivity index (χ0) is 14.7. The van der Waals surface area contributed by atoms with Crippen molar-refractivity contribution in [2.75, 3.05) is 11.9 Å². The maximum Gasteiger partial charge on any atom is 0.142 e. The van der Waals surface area contributed by atoms with Crippen LogP contribution in [0.1, 0.15) is 18.1 Å². The summed E-state index contributed by atoms with van der Waals surface area (Å²) < 4.78 is 5.70. The average molecular weight is 280 g/mol. The van der Waals surface area contributed by atoms with Crippen LogP contribution < -0.4 is 10.1 Å². The maximum atomic E-state index is 5.70. The van der Waals surface area contributed by atoms with Gasteiger partial charge in [0.15, 0.2) is 0 Å². The second kappa shape index (κ2) is 5.92. The van der Waals surface area contributed by atoms with E-state index in [4.69, 9.17) is 4.74 Å². The summed E-state index contributed by atoms with van der Waals surface area (Å²) in [7, 11) is 0. The van der Waals surface area contributed by atoms with E-state index in [9.17, 15) is 0 Å². The number of aromatic nitrogens is 1. The average Bonchev–Trinajstić information content (AvgIpc) is 2.90. The highest BCUT2D eigenvalue weighted by atomic mass is 16.5. The summed E-state index contributed by atoms with van der Waals surface area (Å²) in [6.45, 7) is 5.52. The van der Waals surface area contributed by atoms with Crippen molar-refractivity contribution in [1.29, 1.82) is 0 Å². The van der Waals surface area contributed by atoms with E-state index in [1.807, 2.05) is 13.0 Å². The molecule has 1 heterocycles. The Kier molecular flexibility index (Phi) is 3.82. The van der Waals surface area contributed by atoms with Crippen LogP contribution in [0.4, 0.5) is 5.69 Å². The van der Waals surface area contributed by atoms with Crippen LogP contribution in [0.25, 0.3) is 10.9 Å². The lowest BCUT2D eigenvalue weighted by Gasteiger charge is -2.13. The first-order valence-corrected chi connectivity index (χ1v) is 7.30. The van der Waals surface area contributed by atoms with Crippen molar-refractivity contribution in [3.63, 3.8) is 0 Å². The zero-order valence-electron chi connectivity index (χ0n) is 12.4. The van der Waals surface area contributed by atoms with Gasteiger partial charge in [-0.15, -0.1) is 0 Å². The number of H-pyrrole nitrogens is 1. The van der Waals surface area contributed by atoms with Crippen LogP contribution in [-0.2, 0) is 6.54 Å². The molecule has 0 aliphatic rings. The second-order valence-electron chi connectivity index (χ2n) is 5.15.